The summed E-state index contributed by atoms with van der Waals surface area (Å²) in [4.78, 5) is 0. The molecule has 90 valence electrons. The molecule has 0 saturated heterocycles. The van der Waals surface area contributed by atoms with Gasteiger partial charge in [0.1, 0.15) is 5.82 Å². The van der Waals surface area contributed by atoms with Crippen LogP contribution in [0.25, 0.3) is 0 Å². The van der Waals surface area contributed by atoms with Gasteiger partial charge in [-0.05, 0) is 36.7 Å². The lowest BCUT2D eigenvalue weighted by Crippen LogP contribution is -2.31. The van der Waals surface area contributed by atoms with Crippen molar-refractivity contribution in [3.63, 3.8) is 0 Å². The van der Waals surface area contributed by atoms with E-state index in [0.717, 1.165) is 17.7 Å². The number of nitrogens with two attached hydrogens (primary N) is 1. The first-order chi connectivity index (χ1) is 7.59. The van der Waals surface area contributed by atoms with Crippen molar-refractivity contribution in [3.8, 4) is 0 Å². The molecule has 3 atom stereocenters. The number of hydrogen-bond acceptors (Lipinski definition) is 2. The van der Waals surface area contributed by atoms with Gasteiger partial charge in [0.25, 0.3) is 0 Å². The van der Waals surface area contributed by atoms with Crippen molar-refractivity contribution in [2.45, 2.75) is 46.1 Å². The van der Waals surface area contributed by atoms with Gasteiger partial charge in [0.15, 0.2) is 0 Å². The molecule has 2 rings (SSSR count). The fraction of sp³-hybridized carbons (Fsp3) is 0.769. The zero-order valence-corrected chi connectivity index (χ0v) is 10.6. The third-order valence-electron chi connectivity index (χ3n) is 4.00. The Morgan fingerprint density at radius 1 is 1.44 bits per heavy atom. The van der Waals surface area contributed by atoms with Crippen LogP contribution < -0.4 is 5.73 Å². The second kappa shape index (κ2) is 4.48. The van der Waals surface area contributed by atoms with Crippen LogP contribution in [0.2, 0.25) is 0 Å². The number of rotatable bonds is 2. The summed E-state index contributed by atoms with van der Waals surface area (Å²) in [5.41, 5.74) is 5.98. The highest BCUT2D eigenvalue weighted by molar-refractivity contribution is 5.27. The first-order valence-corrected chi connectivity index (χ1v) is 6.38. The van der Waals surface area contributed by atoms with Gasteiger partial charge in [-0.25, -0.2) is 4.68 Å². The molecule has 2 N–H and O–H groups in total. The average Bonchev–Trinajstić information content (AvgIpc) is 2.63. The van der Waals surface area contributed by atoms with E-state index in [4.69, 9.17) is 5.73 Å². The van der Waals surface area contributed by atoms with Gasteiger partial charge in [-0.2, -0.15) is 5.10 Å². The molecule has 3 heteroatoms. The Balaban J connectivity index is 2.24. The SMILES string of the molecule is CC1CCC(C(C)C)C(n2nccc2N)C1. The van der Waals surface area contributed by atoms with Crippen LogP contribution in [0.3, 0.4) is 0 Å². The zero-order chi connectivity index (χ0) is 11.7. The van der Waals surface area contributed by atoms with E-state index in [1.807, 2.05) is 16.9 Å². The Kier molecular flexibility index (Phi) is 3.22. The average molecular weight is 221 g/mol. The third kappa shape index (κ3) is 2.08. The molecule has 0 amide bonds. The normalized spacial score (nSPS) is 30.9. The molecule has 3 nitrogen and oxygen atoms in total. The standard InChI is InChI=1S/C13H23N3/c1-9(2)11-5-4-10(3)8-12(11)16-13(14)6-7-15-16/h6-7,9-12H,4-5,8,14H2,1-3H3. The largest absolute Gasteiger partial charge is 0.384 e. The minimum Gasteiger partial charge on any atom is -0.384 e. The molecule has 0 aliphatic heterocycles. The van der Waals surface area contributed by atoms with E-state index < -0.39 is 0 Å². The Morgan fingerprint density at radius 3 is 2.75 bits per heavy atom. The van der Waals surface area contributed by atoms with E-state index in [-0.39, 0.29) is 0 Å². The van der Waals surface area contributed by atoms with Crippen molar-refractivity contribution in [1.82, 2.24) is 9.78 Å². The van der Waals surface area contributed by atoms with Crippen LogP contribution in [0.4, 0.5) is 5.82 Å². The number of aromatic nitrogens is 2. The molecule has 1 saturated carbocycles. The zero-order valence-electron chi connectivity index (χ0n) is 10.6. The summed E-state index contributed by atoms with van der Waals surface area (Å²) in [7, 11) is 0. The highest BCUT2D eigenvalue weighted by atomic mass is 15.3. The van der Waals surface area contributed by atoms with Gasteiger partial charge < -0.3 is 5.73 Å². The van der Waals surface area contributed by atoms with Crippen molar-refractivity contribution in [1.29, 1.82) is 0 Å². The van der Waals surface area contributed by atoms with Crippen LogP contribution in [-0.4, -0.2) is 9.78 Å². The van der Waals surface area contributed by atoms with E-state index in [1.54, 1.807) is 0 Å². The van der Waals surface area contributed by atoms with Crippen molar-refractivity contribution in [2.24, 2.45) is 17.8 Å². The van der Waals surface area contributed by atoms with Gasteiger partial charge in [0.05, 0.1) is 12.2 Å². The predicted molar refractivity (Wildman–Crippen MR) is 67.0 cm³/mol. The van der Waals surface area contributed by atoms with Crippen molar-refractivity contribution in [2.75, 3.05) is 5.73 Å². The van der Waals surface area contributed by atoms with Gasteiger partial charge in [0.2, 0.25) is 0 Å². The first kappa shape index (κ1) is 11.5. The summed E-state index contributed by atoms with van der Waals surface area (Å²) >= 11 is 0. The van der Waals surface area contributed by atoms with E-state index in [1.165, 1.54) is 19.3 Å². The Morgan fingerprint density at radius 2 is 2.19 bits per heavy atom. The van der Waals surface area contributed by atoms with Gasteiger partial charge in [-0.15, -0.1) is 0 Å². The number of nitrogen functional groups attached to an aromatic ring is 1. The Bertz CT molecular complexity index is 343. The summed E-state index contributed by atoms with van der Waals surface area (Å²) < 4.78 is 2.04. The molecular formula is C13H23N3. The van der Waals surface area contributed by atoms with Gasteiger partial charge >= 0.3 is 0 Å². The first-order valence-electron chi connectivity index (χ1n) is 6.38. The molecule has 0 radical (unpaired) electrons. The van der Waals surface area contributed by atoms with Crippen LogP contribution in [-0.2, 0) is 0 Å². The molecule has 3 unspecified atom stereocenters. The van der Waals surface area contributed by atoms with E-state index in [9.17, 15) is 0 Å². The van der Waals surface area contributed by atoms with Crippen LogP contribution in [0.15, 0.2) is 12.3 Å². The lowest BCUT2D eigenvalue weighted by Gasteiger charge is -2.37. The summed E-state index contributed by atoms with van der Waals surface area (Å²) in [6.45, 7) is 6.96. The number of nitrogens with zero attached hydrogens (tertiary/aromatic N) is 2. The second-order valence-corrected chi connectivity index (χ2v) is 5.59. The molecule has 1 heterocycles. The van der Waals surface area contributed by atoms with Crippen LogP contribution in [0.1, 0.15) is 46.1 Å². The minimum absolute atomic E-state index is 0.499. The minimum atomic E-state index is 0.499. The molecule has 1 aliphatic rings. The lowest BCUT2D eigenvalue weighted by atomic mass is 9.74. The van der Waals surface area contributed by atoms with Crippen LogP contribution in [0, 0.1) is 17.8 Å². The fourth-order valence-electron chi connectivity index (χ4n) is 3.03. The molecule has 0 aromatic carbocycles. The predicted octanol–water partition coefficient (Wildman–Crippen LogP) is 3.10. The quantitative estimate of drug-likeness (QED) is 0.834. The molecule has 1 aromatic rings. The maximum Gasteiger partial charge on any atom is 0.121 e. The van der Waals surface area contributed by atoms with Crippen LogP contribution in [0.5, 0.6) is 0 Å². The van der Waals surface area contributed by atoms with Crippen molar-refractivity contribution < 1.29 is 0 Å². The van der Waals surface area contributed by atoms with E-state index in [0.29, 0.717) is 12.0 Å². The maximum absolute atomic E-state index is 5.98. The Labute approximate surface area is 98.0 Å². The third-order valence-corrected chi connectivity index (χ3v) is 4.00. The Hall–Kier alpha value is -0.990. The van der Waals surface area contributed by atoms with E-state index >= 15 is 0 Å². The molecule has 1 aliphatic carbocycles. The molecule has 1 aromatic heterocycles. The van der Waals surface area contributed by atoms with Gasteiger partial charge in [0, 0.05) is 0 Å². The summed E-state index contributed by atoms with van der Waals surface area (Å²) in [6.07, 6.45) is 5.68. The fourth-order valence-corrected chi connectivity index (χ4v) is 3.03. The summed E-state index contributed by atoms with van der Waals surface area (Å²) in [5.74, 6) is 3.04. The maximum atomic E-state index is 5.98. The summed E-state index contributed by atoms with van der Waals surface area (Å²) in [6, 6.07) is 2.40. The second-order valence-electron chi connectivity index (χ2n) is 5.59. The number of anilines is 1. The smallest absolute Gasteiger partial charge is 0.121 e. The number of hydrogen-bond donors (Lipinski definition) is 1. The van der Waals surface area contributed by atoms with Crippen molar-refractivity contribution >= 4 is 5.82 Å². The highest BCUT2D eigenvalue weighted by Crippen LogP contribution is 2.41. The molecule has 1 fully saturated rings. The molecule has 0 bridgehead atoms. The van der Waals surface area contributed by atoms with Crippen molar-refractivity contribution in [3.05, 3.63) is 12.3 Å². The van der Waals surface area contributed by atoms with E-state index in [2.05, 4.69) is 25.9 Å². The van der Waals surface area contributed by atoms with Crippen LogP contribution >= 0.6 is 0 Å². The van der Waals surface area contributed by atoms with Gasteiger partial charge in [-0.3, -0.25) is 0 Å². The van der Waals surface area contributed by atoms with Gasteiger partial charge in [-0.1, -0.05) is 27.2 Å². The molecule has 0 spiro atoms. The molecule has 16 heavy (non-hydrogen) atoms. The molecular weight excluding hydrogens is 198 g/mol. The topological polar surface area (TPSA) is 43.8 Å². The lowest BCUT2D eigenvalue weighted by molar-refractivity contribution is 0.141. The summed E-state index contributed by atoms with van der Waals surface area (Å²) in [5, 5.41) is 4.40. The monoisotopic (exact) mass is 221 g/mol. The highest BCUT2D eigenvalue weighted by Gasteiger charge is 2.32.